The second-order valence-corrected chi connectivity index (χ2v) is 4.38. The molecule has 0 aliphatic heterocycles. The highest BCUT2D eigenvalue weighted by atomic mass is 32.1. The first-order chi connectivity index (χ1) is 7.17. The van der Waals surface area contributed by atoms with Crippen LogP contribution in [0.1, 0.15) is 33.2 Å². The van der Waals surface area contributed by atoms with Crippen molar-refractivity contribution < 1.29 is 4.74 Å². The van der Waals surface area contributed by atoms with E-state index in [1.807, 2.05) is 10.9 Å². The molecule has 15 heavy (non-hydrogen) atoms. The van der Waals surface area contributed by atoms with E-state index in [0.29, 0.717) is 12.0 Å². The minimum absolute atomic E-state index is 0.384. The average molecular weight is 228 g/mol. The van der Waals surface area contributed by atoms with Crippen LogP contribution in [0, 0.1) is 5.92 Å². The van der Waals surface area contributed by atoms with Gasteiger partial charge in [0.05, 0.1) is 19.0 Å². The fraction of sp³-hybridized carbons (Fsp3) is 0.727. The number of nitrogens with zero attached hydrogens (tertiary/aromatic N) is 2. The summed E-state index contributed by atoms with van der Waals surface area (Å²) in [5, 5.41) is 4.22. The molecule has 0 saturated heterocycles. The van der Waals surface area contributed by atoms with Crippen molar-refractivity contribution in [1.82, 2.24) is 9.78 Å². The summed E-state index contributed by atoms with van der Waals surface area (Å²) < 4.78 is 7.55. The summed E-state index contributed by atoms with van der Waals surface area (Å²) in [4.78, 5) is 0. The molecule has 0 fully saturated rings. The molecule has 0 aliphatic rings. The molecule has 0 amide bonds. The molecule has 0 aromatic carbocycles. The Kier molecular flexibility index (Phi) is 5.02. The van der Waals surface area contributed by atoms with E-state index in [2.05, 4.69) is 38.5 Å². The fourth-order valence-corrected chi connectivity index (χ4v) is 1.55. The van der Waals surface area contributed by atoms with Crippen LogP contribution in [0.15, 0.2) is 12.4 Å². The molecular formula is C11H20N2OS. The second kappa shape index (κ2) is 6.05. The van der Waals surface area contributed by atoms with E-state index in [0.717, 1.165) is 24.5 Å². The van der Waals surface area contributed by atoms with Crippen molar-refractivity contribution in [2.45, 2.75) is 33.2 Å². The standard InChI is InChI=1S/C11H20N2OS/c1-4-10(8-15)7-14-11-5-12-13(6-11)9(2)3/h5-6,9-10,15H,4,7-8H2,1-3H3. The van der Waals surface area contributed by atoms with Crippen LogP contribution in [0.2, 0.25) is 0 Å². The average Bonchev–Trinajstić information content (AvgIpc) is 2.68. The van der Waals surface area contributed by atoms with E-state index in [1.165, 1.54) is 0 Å². The van der Waals surface area contributed by atoms with Gasteiger partial charge in [-0.15, -0.1) is 0 Å². The normalized spacial score (nSPS) is 13.1. The first kappa shape index (κ1) is 12.4. The molecule has 1 heterocycles. The summed E-state index contributed by atoms with van der Waals surface area (Å²) in [6.07, 6.45) is 4.81. The topological polar surface area (TPSA) is 27.1 Å². The predicted octanol–water partition coefficient (Wildman–Crippen LogP) is 2.80. The van der Waals surface area contributed by atoms with Crippen LogP contribution in [-0.2, 0) is 0 Å². The fourth-order valence-electron chi connectivity index (χ4n) is 1.19. The molecule has 0 spiro atoms. The Hall–Kier alpha value is -0.640. The number of rotatable bonds is 6. The van der Waals surface area contributed by atoms with Gasteiger partial charge in [0.1, 0.15) is 0 Å². The third-order valence-electron chi connectivity index (χ3n) is 2.43. The van der Waals surface area contributed by atoms with Gasteiger partial charge in [-0.3, -0.25) is 4.68 Å². The first-order valence-electron chi connectivity index (χ1n) is 5.45. The van der Waals surface area contributed by atoms with Crippen LogP contribution in [0.3, 0.4) is 0 Å². The monoisotopic (exact) mass is 228 g/mol. The van der Waals surface area contributed by atoms with Crippen molar-refractivity contribution in [3.8, 4) is 5.75 Å². The van der Waals surface area contributed by atoms with Gasteiger partial charge in [0.25, 0.3) is 0 Å². The van der Waals surface area contributed by atoms with Gasteiger partial charge >= 0.3 is 0 Å². The van der Waals surface area contributed by atoms with Gasteiger partial charge < -0.3 is 4.74 Å². The van der Waals surface area contributed by atoms with Gasteiger partial charge in [0.15, 0.2) is 5.75 Å². The Morgan fingerprint density at radius 2 is 2.27 bits per heavy atom. The van der Waals surface area contributed by atoms with Crippen molar-refractivity contribution in [3.63, 3.8) is 0 Å². The van der Waals surface area contributed by atoms with Crippen molar-refractivity contribution >= 4 is 12.6 Å². The highest BCUT2D eigenvalue weighted by molar-refractivity contribution is 7.80. The molecule has 0 saturated carbocycles. The molecule has 0 radical (unpaired) electrons. The molecule has 3 nitrogen and oxygen atoms in total. The van der Waals surface area contributed by atoms with Crippen molar-refractivity contribution in [3.05, 3.63) is 12.4 Å². The second-order valence-electron chi connectivity index (χ2n) is 4.02. The number of hydrogen-bond donors (Lipinski definition) is 1. The minimum atomic E-state index is 0.384. The van der Waals surface area contributed by atoms with E-state index in [4.69, 9.17) is 4.74 Å². The molecule has 1 aromatic rings. The third kappa shape index (κ3) is 3.78. The molecule has 1 rings (SSSR count). The van der Waals surface area contributed by atoms with Crippen LogP contribution < -0.4 is 4.74 Å². The van der Waals surface area contributed by atoms with Crippen LogP contribution in [0.5, 0.6) is 5.75 Å². The van der Waals surface area contributed by atoms with Gasteiger partial charge in [-0.05, 0) is 26.0 Å². The summed E-state index contributed by atoms with van der Waals surface area (Å²) in [7, 11) is 0. The maximum Gasteiger partial charge on any atom is 0.157 e. The Labute approximate surface area is 97.2 Å². The van der Waals surface area contributed by atoms with Crippen molar-refractivity contribution in [2.24, 2.45) is 5.92 Å². The van der Waals surface area contributed by atoms with Gasteiger partial charge in [-0.1, -0.05) is 6.92 Å². The van der Waals surface area contributed by atoms with Crippen molar-refractivity contribution in [2.75, 3.05) is 12.4 Å². The summed E-state index contributed by atoms with van der Waals surface area (Å²) in [6, 6.07) is 0.384. The minimum Gasteiger partial charge on any atom is -0.490 e. The lowest BCUT2D eigenvalue weighted by molar-refractivity contribution is 0.259. The van der Waals surface area contributed by atoms with Gasteiger partial charge in [0.2, 0.25) is 0 Å². The van der Waals surface area contributed by atoms with E-state index < -0.39 is 0 Å². The zero-order valence-corrected chi connectivity index (χ0v) is 10.6. The highest BCUT2D eigenvalue weighted by Gasteiger charge is 2.07. The van der Waals surface area contributed by atoms with Gasteiger partial charge in [0, 0.05) is 12.0 Å². The van der Waals surface area contributed by atoms with Crippen LogP contribution in [0.4, 0.5) is 0 Å². The van der Waals surface area contributed by atoms with Crippen molar-refractivity contribution in [1.29, 1.82) is 0 Å². The van der Waals surface area contributed by atoms with Gasteiger partial charge in [-0.25, -0.2) is 0 Å². The number of aromatic nitrogens is 2. The Balaban J connectivity index is 2.43. The van der Waals surface area contributed by atoms with E-state index in [-0.39, 0.29) is 0 Å². The molecular weight excluding hydrogens is 208 g/mol. The zero-order chi connectivity index (χ0) is 11.3. The SMILES string of the molecule is CCC(CS)COc1cnn(C(C)C)c1. The summed E-state index contributed by atoms with van der Waals surface area (Å²) in [5.74, 6) is 2.24. The predicted molar refractivity (Wildman–Crippen MR) is 65.7 cm³/mol. The summed E-state index contributed by atoms with van der Waals surface area (Å²) in [6.45, 7) is 7.07. The Morgan fingerprint density at radius 1 is 1.53 bits per heavy atom. The van der Waals surface area contributed by atoms with E-state index >= 15 is 0 Å². The molecule has 0 aliphatic carbocycles. The van der Waals surface area contributed by atoms with Crippen LogP contribution in [0.25, 0.3) is 0 Å². The molecule has 1 aromatic heterocycles. The van der Waals surface area contributed by atoms with E-state index in [1.54, 1.807) is 6.20 Å². The lowest BCUT2D eigenvalue weighted by Gasteiger charge is -2.11. The Bertz CT molecular complexity index is 282. The molecule has 86 valence electrons. The molecule has 1 atom stereocenters. The third-order valence-corrected chi connectivity index (χ3v) is 2.94. The maximum atomic E-state index is 5.65. The van der Waals surface area contributed by atoms with Crippen LogP contribution in [-0.4, -0.2) is 22.1 Å². The summed E-state index contributed by atoms with van der Waals surface area (Å²) in [5.41, 5.74) is 0. The van der Waals surface area contributed by atoms with E-state index in [9.17, 15) is 0 Å². The zero-order valence-electron chi connectivity index (χ0n) is 9.68. The molecule has 0 bridgehead atoms. The molecule has 0 N–H and O–H groups in total. The van der Waals surface area contributed by atoms with Gasteiger partial charge in [-0.2, -0.15) is 17.7 Å². The number of ether oxygens (including phenoxy) is 1. The largest absolute Gasteiger partial charge is 0.490 e. The lowest BCUT2D eigenvalue weighted by atomic mass is 10.1. The molecule has 4 heteroatoms. The smallest absolute Gasteiger partial charge is 0.157 e. The number of hydrogen-bond acceptors (Lipinski definition) is 3. The first-order valence-corrected chi connectivity index (χ1v) is 6.08. The summed E-state index contributed by atoms with van der Waals surface area (Å²) >= 11 is 4.28. The highest BCUT2D eigenvalue weighted by Crippen LogP contribution is 2.14. The number of thiol groups is 1. The lowest BCUT2D eigenvalue weighted by Crippen LogP contribution is -2.12. The quantitative estimate of drug-likeness (QED) is 0.758. The van der Waals surface area contributed by atoms with Crippen LogP contribution >= 0.6 is 12.6 Å². The maximum absolute atomic E-state index is 5.65. The molecule has 1 unspecified atom stereocenters. The Morgan fingerprint density at radius 3 is 2.73 bits per heavy atom.